The van der Waals surface area contributed by atoms with E-state index in [4.69, 9.17) is 19.9 Å². The highest BCUT2D eigenvalue weighted by molar-refractivity contribution is 6.07. The van der Waals surface area contributed by atoms with Crippen LogP contribution in [0.25, 0.3) is 78.6 Å². The van der Waals surface area contributed by atoms with Gasteiger partial charge in [-0.2, -0.15) is 0 Å². The molecular weight excluding hydrogens is 597 g/mol. The van der Waals surface area contributed by atoms with Crippen molar-refractivity contribution in [3.05, 3.63) is 169 Å². The Bertz CT molecular complexity index is 2450. The minimum absolute atomic E-state index is 0.115. The van der Waals surface area contributed by atoms with Gasteiger partial charge in [0.2, 0.25) is 0 Å². The third-order valence-electron chi connectivity index (χ3n) is 9.73. The largest absolute Gasteiger partial charge is 0.247 e. The molecule has 0 bridgehead atoms. The molecule has 2 aromatic heterocycles. The fraction of sp³-hybridized carbons (Fsp3) is 0.0667. The molecule has 8 aromatic rings. The molecule has 0 unspecified atom stereocenters. The molecule has 0 spiro atoms. The smallest absolute Gasteiger partial charge is 0.164 e. The molecule has 0 N–H and O–H groups in total. The Morgan fingerprint density at radius 3 is 1.57 bits per heavy atom. The van der Waals surface area contributed by atoms with E-state index in [9.17, 15) is 0 Å². The van der Waals surface area contributed by atoms with E-state index < -0.39 is 0 Å². The summed E-state index contributed by atoms with van der Waals surface area (Å²) < 4.78 is 0. The van der Waals surface area contributed by atoms with Crippen molar-refractivity contribution in [3.8, 4) is 67.7 Å². The SMILES string of the molecule is CC1(C)c2ccccc2-c2c1ccc1c(-c3cccc(-c4nc(-c5ccccc5)nc(-c5ccccc5)n4)c3)cc(-c3ccccc3)nc21. The predicted octanol–water partition coefficient (Wildman–Crippen LogP) is 11.1. The normalized spacial score (nSPS) is 12.9. The summed E-state index contributed by atoms with van der Waals surface area (Å²) in [4.78, 5) is 20.3. The molecule has 0 saturated carbocycles. The number of hydrogen-bond donors (Lipinski definition) is 0. The molecule has 49 heavy (non-hydrogen) atoms. The van der Waals surface area contributed by atoms with Crippen molar-refractivity contribution in [1.82, 2.24) is 19.9 Å². The Kier molecular flexibility index (Phi) is 6.77. The first-order chi connectivity index (χ1) is 24.0. The van der Waals surface area contributed by atoms with E-state index in [0.717, 1.165) is 50.0 Å². The molecule has 0 amide bonds. The second kappa shape index (κ2) is 11.5. The number of pyridine rings is 1. The van der Waals surface area contributed by atoms with Crippen LogP contribution in [0.2, 0.25) is 0 Å². The van der Waals surface area contributed by atoms with Gasteiger partial charge in [-0.15, -0.1) is 0 Å². The minimum atomic E-state index is -0.115. The van der Waals surface area contributed by atoms with Crippen molar-refractivity contribution in [3.63, 3.8) is 0 Å². The molecule has 0 atom stereocenters. The summed E-state index contributed by atoms with van der Waals surface area (Å²) in [6, 6.07) is 54.8. The van der Waals surface area contributed by atoms with Crippen LogP contribution in [-0.2, 0) is 5.41 Å². The van der Waals surface area contributed by atoms with Gasteiger partial charge in [0.15, 0.2) is 17.5 Å². The zero-order valence-corrected chi connectivity index (χ0v) is 27.3. The van der Waals surface area contributed by atoms with E-state index in [0.29, 0.717) is 17.5 Å². The average Bonchev–Trinajstić information content (AvgIpc) is 3.41. The van der Waals surface area contributed by atoms with E-state index in [-0.39, 0.29) is 5.41 Å². The highest BCUT2D eigenvalue weighted by Crippen LogP contribution is 2.52. The quantitative estimate of drug-likeness (QED) is 0.190. The Labute approximate surface area is 285 Å². The van der Waals surface area contributed by atoms with Gasteiger partial charge in [-0.05, 0) is 39.9 Å². The van der Waals surface area contributed by atoms with Gasteiger partial charge in [0.25, 0.3) is 0 Å². The lowest BCUT2D eigenvalue weighted by Gasteiger charge is -2.21. The van der Waals surface area contributed by atoms with Crippen LogP contribution in [0.3, 0.4) is 0 Å². The summed E-state index contributed by atoms with van der Waals surface area (Å²) >= 11 is 0. The fourth-order valence-corrected chi connectivity index (χ4v) is 7.24. The van der Waals surface area contributed by atoms with E-state index in [2.05, 4.69) is 105 Å². The summed E-state index contributed by atoms with van der Waals surface area (Å²) in [5.41, 5.74) is 13.1. The summed E-state index contributed by atoms with van der Waals surface area (Å²) in [6.45, 7) is 4.63. The first-order valence-corrected chi connectivity index (χ1v) is 16.7. The summed E-state index contributed by atoms with van der Waals surface area (Å²) in [7, 11) is 0. The van der Waals surface area contributed by atoms with Gasteiger partial charge in [0.05, 0.1) is 11.2 Å². The Balaban J connectivity index is 1.27. The summed E-state index contributed by atoms with van der Waals surface area (Å²) in [6.07, 6.45) is 0. The van der Waals surface area contributed by atoms with E-state index in [1.165, 1.54) is 22.3 Å². The molecule has 4 nitrogen and oxygen atoms in total. The predicted molar refractivity (Wildman–Crippen MR) is 200 cm³/mol. The number of benzene rings is 6. The topological polar surface area (TPSA) is 51.6 Å². The Morgan fingerprint density at radius 2 is 0.918 bits per heavy atom. The molecule has 0 saturated heterocycles. The van der Waals surface area contributed by atoms with Crippen molar-refractivity contribution in [2.24, 2.45) is 0 Å². The summed E-state index contributed by atoms with van der Waals surface area (Å²) in [5, 5.41) is 1.12. The second-order valence-corrected chi connectivity index (χ2v) is 13.1. The van der Waals surface area contributed by atoms with Crippen molar-refractivity contribution in [2.45, 2.75) is 19.3 Å². The standard InChI is InChI=1S/C45H32N4/c1-45(2)37-24-13-12-23-35(37)40-38(45)26-25-34-36(28-39(46-41(34)40)29-15-6-3-7-16-29)32-21-14-22-33(27-32)44-48-42(30-17-8-4-9-18-30)47-43(49-44)31-19-10-5-11-20-31/h3-28H,1-2H3. The third kappa shape index (κ3) is 4.92. The van der Waals surface area contributed by atoms with Crippen LogP contribution in [0, 0.1) is 0 Å². The fourth-order valence-electron chi connectivity index (χ4n) is 7.24. The van der Waals surface area contributed by atoms with Crippen LogP contribution < -0.4 is 0 Å². The maximum Gasteiger partial charge on any atom is 0.164 e. The minimum Gasteiger partial charge on any atom is -0.247 e. The van der Waals surface area contributed by atoms with Crippen molar-refractivity contribution in [1.29, 1.82) is 0 Å². The monoisotopic (exact) mass is 628 g/mol. The van der Waals surface area contributed by atoms with Crippen molar-refractivity contribution < 1.29 is 0 Å². The van der Waals surface area contributed by atoms with Crippen molar-refractivity contribution in [2.75, 3.05) is 0 Å². The van der Waals surface area contributed by atoms with Gasteiger partial charge in [-0.25, -0.2) is 19.9 Å². The molecule has 1 aliphatic carbocycles. The van der Waals surface area contributed by atoms with Gasteiger partial charge in [0, 0.05) is 38.6 Å². The number of rotatable bonds is 5. The Hall–Kier alpha value is -6.26. The molecule has 9 rings (SSSR count). The molecule has 0 radical (unpaired) electrons. The highest BCUT2D eigenvalue weighted by atomic mass is 15.0. The number of hydrogen-bond acceptors (Lipinski definition) is 4. The maximum absolute atomic E-state index is 5.41. The van der Waals surface area contributed by atoms with Crippen LogP contribution in [0.15, 0.2) is 158 Å². The van der Waals surface area contributed by atoms with E-state index >= 15 is 0 Å². The average molecular weight is 629 g/mol. The first kappa shape index (κ1) is 28.9. The van der Waals surface area contributed by atoms with Crippen LogP contribution >= 0.6 is 0 Å². The third-order valence-corrected chi connectivity index (χ3v) is 9.73. The van der Waals surface area contributed by atoms with E-state index in [1.807, 2.05) is 66.7 Å². The second-order valence-electron chi connectivity index (χ2n) is 13.1. The number of nitrogens with zero attached hydrogens (tertiary/aromatic N) is 4. The van der Waals surface area contributed by atoms with Gasteiger partial charge >= 0.3 is 0 Å². The zero-order chi connectivity index (χ0) is 33.0. The first-order valence-electron chi connectivity index (χ1n) is 16.7. The molecule has 0 fully saturated rings. The van der Waals surface area contributed by atoms with Crippen molar-refractivity contribution >= 4 is 10.9 Å². The molecule has 4 heteroatoms. The molecule has 1 aliphatic rings. The van der Waals surface area contributed by atoms with Crippen LogP contribution in [0.5, 0.6) is 0 Å². The molecule has 0 aliphatic heterocycles. The number of fused-ring (bicyclic) bond motifs is 5. The molecule has 6 aromatic carbocycles. The lowest BCUT2D eigenvalue weighted by atomic mass is 9.82. The van der Waals surface area contributed by atoms with Crippen LogP contribution in [-0.4, -0.2) is 19.9 Å². The maximum atomic E-state index is 5.41. The van der Waals surface area contributed by atoms with Crippen LogP contribution in [0.4, 0.5) is 0 Å². The zero-order valence-electron chi connectivity index (χ0n) is 27.3. The molecule has 232 valence electrons. The van der Waals surface area contributed by atoms with Gasteiger partial charge in [-0.1, -0.05) is 159 Å². The lowest BCUT2D eigenvalue weighted by molar-refractivity contribution is 0.661. The highest BCUT2D eigenvalue weighted by Gasteiger charge is 2.37. The number of aromatic nitrogens is 4. The molecule has 2 heterocycles. The van der Waals surface area contributed by atoms with E-state index in [1.54, 1.807) is 0 Å². The van der Waals surface area contributed by atoms with Gasteiger partial charge < -0.3 is 0 Å². The Morgan fingerprint density at radius 1 is 0.388 bits per heavy atom. The lowest BCUT2D eigenvalue weighted by Crippen LogP contribution is -2.14. The van der Waals surface area contributed by atoms with Gasteiger partial charge in [-0.3, -0.25) is 0 Å². The van der Waals surface area contributed by atoms with Gasteiger partial charge in [0.1, 0.15) is 0 Å². The van der Waals surface area contributed by atoms with Crippen LogP contribution in [0.1, 0.15) is 25.0 Å². The summed E-state index contributed by atoms with van der Waals surface area (Å²) in [5.74, 6) is 1.92. The molecular formula is C45H32N4.